The van der Waals surface area contributed by atoms with Crippen molar-refractivity contribution in [3.8, 4) is 0 Å². The van der Waals surface area contributed by atoms with Crippen molar-refractivity contribution in [3.05, 3.63) is 65.7 Å². The summed E-state index contributed by atoms with van der Waals surface area (Å²) in [6.07, 6.45) is 2.08. The Labute approximate surface area is 113 Å². The molecule has 0 amide bonds. The van der Waals surface area contributed by atoms with Crippen LogP contribution in [0.3, 0.4) is 0 Å². The minimum atomic E-state index is 0.618. The first kappa shape index (κ1) is 12.0. The fourth-order valence-electron chi connectivity index (χ4n) is 2.76. The first-order valence-electron chi connectivity index (χ1n) is 6.72. The van der Waals surface area contributed by atoms with Crippen LogP contribution in [0, 0.1) is 0 Å². The van der Waals surface area contributed by atoms with Crippen molar-refractivity contribution in [2.45, 2.75) is 12.3 Å². The summed E-state index contributed by atoms with van der Waals surface area (Å²) in [4.78, 5) is 13.1. The highest BCUT2D eigenvalue weighted by Gasteiger charge is 2.23. The van der Waals surface area contributed by atoms with E-state index in [1.54, 1.807) is 0 Å². The highest BCUT2D eigenvalue weighted by Crippen LogP contribution is 2.30. The van der Waals surface area contributed by atoms with Crippen LogP contribution in [0.25, 0.3) is 0 Å². The van der Waals surface area contributed by atoms with Crippen LogP contribution in [-0.4, -0.2) is 19.4 Å². The van der Waals surface area contributed by atoms with Crippen LogP contribution in [0.2, 0.25) is 0 Å². The zero-order chi connectivity index (χ0) is 13.1. The van der Waals surface area contributed by atoms with Gasteiger partial charge in [0.25, 0.3) is 0 Å². The molecule has 0 aliphatic carbocycles. The van der Waals surface area contributed by atoms with Gasteiger partial charge in [-0.15, -0.1) is 0 Å². The van der Waals surface area contributed by atoms with Crippen LogP contribution in [0.4, 0.5) is 5.69 Å². The Morgan fingerprint density at radius 2 is 1.74 bits per heavy atom. The Kier molecular flexibility index (Phi) is 3.32. The minimum Gasteiger partial charge on any atom is -0.371 e. The number of nitrogens with zero attached hydrogens (tertiary/aromatic N) is 1. The number of hydrogen-bond acceptors (Lipinski definition) is 2. The van der Waals surface area contributed by atoms with E-state index >= 15 is 0 Å². The van der Waals surface area contributed by atoms with E-state index in [9.17, 15) is 4.79 Å². The van der Waals surface area contributed by atoms with Gasteiger partial charge in [-0.05, 0) is 36.2 Å². The van der Waals surface area contributed by atoms with Crippen molar-refractivity contribution in [3.63, 3.8) is 0 Å². The van der Waals surface area contributed by atoms with Gasteiger partial charge in [-0.25, -0.2) is 0 Å². The SMILES string of the molecule is O=Cc1ccc(N2CCC(c3ccccc3)C2)cc1. The van der Waals surface area contributed by atoms with Gasteiger partial charge in [0.15, 0.2) is 0 Å². The number of anilines is 1. The average Bonchev–Trinajstić information content (AvgIpc) is 2.98. The summed E-state index contributed by atoms with van der Waals surface area (Å²) in [5.41, 5.74) is 3.38. The van der Waals surface area contributed by atoms with Crippen molar-refractivity contribution >= 4 is 12.0 Å². The molecule has 2 aromatic rings. The molecule has 1 unspecified atom stereocenters. The maximum absolute atomic E-state index is 10.7. The van der Waals surface area contributed by atoms with Crippen LogP contribution in [-0.2, 0) is 0 Å². The quantitative estimate of drug-likeness (QED) is 0.778. The van der Waals surface area contributed by atoms with Gasteiger partial charge in [0.1, 0.15) is 6.29 Å². The third kappa shape index (κ3) is 2.53. The average molecular weight is 251 g/mol. The fourth-order valence-corrected chi connectivity index (χ4v) is 2.76. The molecule has 96 valence electrons. The van der Waals surface area contributed by atoms with Crippen LogP contribution < -0.4 is 4.90 Å². The molecule has 1 saturated heterocycles. The highest BCUT2D eigenvalue weighted by atomic mass is 16.1. The van der Waals surface area contributed by atoms with E-state index < -0.39 is 0 Å². The van der Waals surface area contributed by atoms with Gasteiger partial charge in [0.05, 0.1) is 0 Å². The van der Waals surface area contributed by atoms with Crippen molar-refractivity contribution in [1.82, 2.24) is 0 Å². The van der Waals surface area contributed by atoms with Gasteiger partial charge in [-0.1, -0.05) is 30.3 Å². The lowest BCUT2D eigenvalue weighted by molar-refractivity contribution is 0.112. The van der Waals surface area contributed by atoms with Crippen LogP contribution >= 0.6 is 0 Å². The Morgan fingerprint density at radius 3 is 2.42 bits per heavy atom. The minimum absolute atomic E-state index is 0.618. The van der Waals surface area contributed by atoms with Gasteiger partial charge < -0.3 is 4.90 Å². The highest BCUT2D eigenvalue weighted by molar-refractivity contribution is 5.75. The van der Waals surface area contributed by atoms with Crippen molar-refractivity contribution in [2.24, 2.45) is 0 Å². The van der Waals surface area contributed by atoms with Gasteiger partial charge in [0, 0.05) is 30.3 Å². The molecule has 19 heavy (non-hydrogen) atoms. The van der Waals surface area contributed by atoms with Crippen LogP contribution in [0.15, 0.2) is 54.6 Å². The lowest BCUT2D eigenvalue weighted by atomic mass is 9.99. The number of carbonyl (C=O) groups excluding carboxylic acids is 1. The maximum Gasteiger partial charge on any atom is 0.150 e. The molecular formula is C17H17NO. The van der Waals surface area contributed by atoms with Gasteiger partial charge in [-0.3, -0.25) is 4.79 Å². The number of hydrogen-bond donors (Lipinski definition) is 0. The second-order valence-electron chi connectivity index (χ2n) is 5.05. The zero-order valence-corrected chi connectivity index (χ0v) is 10.8. The predicted molar refractivity (Wildman–Crippen MR) is 77.8 cm³/mol. The second kappa shape index (κ2) is 5.27. The Bertz CT molecular complexity index is 547. The van der Waals surface area contributed by atoms with E-state index in [0.29, 0.717) is 5.92 Å². The van der Waals surface area contributed by atoms with E-state index in [0.717, 1.165) is 24.9 Å². The molecule has 2 aromatic carbocycles. The number of carbonyl (C=O) groups is 1. The molecule has 0 bridgehead atoms. The number of rotatable bonds is 3. The summed E-state index contributed by atoms with van der Waals surface area (Å²) in [5, 5.41) is 0. The smallest absolute Gasteiger partial charge is 0.150 e. The summed E-state index contributed by atoms with van der Waals surface area (Å²) in [7, 11) is 0. The summed E-state index contributed by atoms with van der Waals surface area (Å²) in [5.74, 6) is 0.618. The van der Waals surface area contributed by atoms with Gasteiger partial charge >= 0.3 is 0 Å². The van der Waals surface area contributed by atoms with E-state index in [1.807, 2.05) is 24.3 Å². The van der Waals surface area contributed by atoms with E-state index in [2.05, 4.69) is 35.2 Å². The molecule has 1 aliphatic rings. The standard InChI is InChI=1S/C17H17NO/c19-13-14-6-8-17(9-7-14)18-11-10-16(12-18)15-4-2-1-3-5-15/h1-9,13,16H,10-12H2. The second-order valence-corrected chi connectivity index (χ2v) is 5.05. The Hall–Kier alpha value is -2.09. The molecule has 2 heteroatoms. The van der Waals surface area contributed by atoms with Gasteiger partial charge in [-0.2, -0.15) is 0 Å². The molecule has 0 spiro atoms. The number of benzene rings is 2. The van der Waals surface area contributed by atoms with Crippen LogP contribution in [0.5, 0.6) is 0 Å². The van der Waals surface area contributed by atoms with Crippen molar-refractivity contribution < 1.29 is 4.79 Å². The summed E-state index contributed by atoms with van der Waals surface area (Å²) in [6, 6.07) is 18.6. The molecule has 0 aromatic heterocycles. The van der Waals surface area contributed by atoms with E-state index in [-0.39, 0.29) is 0 Å². The van der Waals surface area contributed by atoms with E-state index in [4.69, 9.17) is 0 Å². The Morgan fingerprint density at radius 1 is 1.00 bits per heavy atom. The monoisotopic (exact) mass is 251 g/mol. The van der Waals surface area contributed by atoms with Crippen molar-refractivity contribution in [1.29, 1.82) is 0 Å². The summed E-state index contributed by atoms with van der Waals surface area (Å²) >= 11 is 0. The molecule has 1 heterocycles. The third-order valence-corrected chi connectivity index (χ3v) is 3.85. The molecule has 0 radical (unpaired) electrons. The normalized spacial score (nSPS) is 18.5. The maximum atomic E-state index is 10.7. The molecule has 0 N–H and O–H groups in total. The molecular weight excluding hydrogens is 234 g/mol. The topological polar surface area (TPSA) is 20.3 Å². The lowest BCUT2D eigenvalue weighted by Gasteiger charge is -2.19. The summed E-state index contributed by atoms with van der Waals surface area (Å²) < 4.78 is 0. The first-order valence-corrected chi connectivity index (χ1v) is 6.72. The molecule has 1 aliphatic heterocycles. The molecule has 3 rings (SSSR count). The summed E-state index contributed by atoms with van der Waals surface area (Å²) in [6.45, 7) is 2.14. The number of aldehydes is 1. The van der Waals surface area contributed by atoms with Crippen molar-refractivity contribution in [2.75, 3.05) is 18.0 Å². The molecule has 0 saturated carbocycles. The van der Waals surface area contributed by atoms with Gasteiger partial charge in [0.2, 0.25) is 0 Å². The molecule has 1 fully saturated rings. The largest absolute Gasteiger partial charge is 0.371 e. The zero-order valence-electron chi connectivity index (χ0n) is 10.8. The lowest BCUT2D eigenvalue weighted by Crippen LogP contribution is -2.19. The third-order valence-electron chi connectivity index (χ3n) is 3.85. The predicted octanol–water partition coefficient (Wildman–Crippen LogP) is 3.49. The molecule has 1 atom stereocenters. The fraction of sp³-hybridized carbons (Fsp3) is 0.235. The van der Waals surface area contributed by atoms with E-state index in [1.165, 1.54) is 17.7 Å². The Balaban J connectivity index is 1.73. The first-order chi connectivity index (χ1) is 9.36. The van der Waals surface area contributed by atoms with Crippen LogP contribution in [0.1, 0.15) is 28.3 Å². The molecule has 2 nitrogen and oxygen atoms in total.